The van der Waals surface area contributed by atoms with E-state index in [1.807, 2.05) is 30.2 Å². The van der Waals surface area contributed by atoms with Crippen molar-refractivity contribution in [3.63, 3.8) is 0 Å². The molecule has 3 rings (SSSR count). The molecule has 1 fully saturated rings. The summed E-state index contributed by atoms with van der Waals surface area (Å²) >= 11 is 0. The first-order chi connectivity index (χ1) is 10.6. The van der Waals surface area contributed by atoms with E-state index in [4.69, 9.17) is 0 Å². The van der Waals surface area contributed by atoms with E-state index in [0.29, 0.717) is 6.04 Å². The molecule has 0 spiro atoms. The summed E-state index contributed by atoms with van der Waals surface area (Å²) in [7, 11) is 1.96. The van der Waals surface area contributed by atoms with Gasteiger partial charge < -0.3 is 4.90 Å². The number of hydrogen-bond acceptors (Lipinski definition) is 3. The van der Waals surface area contributed by atoms with Crippen molar-refractivity contribution in [2.24, 2.45) is 13.0 Å². The fourth-order valence-corrected chi connectivity index (χ4v) is 3.43. The Morgan fingerprint density at radius 2 is 2.14 bits per heavy atom. The zero-order valence-electron chi connectivity index (χ0n) is 13.9. The Hall–Kier alpha value is -1.68. The van der Waals surface area contributed by atoms with E-state index in [1.165, 1.54) is 31.5 Å². The quantitative estimate of drug-likeness (QED) is 0.869. The van der Waals surface area contributed by atoms with Crippen LogP contribution in [0.25, 0.3) is 11.4 Å². The summed E-state index contributed by atoms with van der Waals surface area (Å²) in [5.41, 5.74) is 3.49. The molecule has 3 heterocycles. The fourth-order valence-electron chi connectivity index (χ4n) is 3.43. The molecule has 0 radical (unpaired) electrons. The monoisotopic (exact) mass is 298 g/mol. The van der Waals surface area contributed by atoms with Crippen LogP contribution >= 0.6 is 0 Å². The number of piperidine rings is 1. The van der Waals surface area contributed by atoms with Gasteiger partial charge in [-0.05, 0) is 69.3 Å². The van der Waals surface area contributed by atoms with Crippen LogP contribution in [0.15, 0.2) is 30.6 Å². The van der Waals surface area contributed by atoms with Crippen LogP contribution < -0.4 is 0 Å². The van der Waals surface area contributed by atoms with Gasteiger partial charge in [-0.15, -0.1) is 0 Å². The van der Waals surface area contributed by atoms with E-state index in [9.17, 15) is 0 Å². The highest BCUT2D eigenvalue weighted by Crippen LogP contribution is 2.24. The highest BCUT2D eigenvalue weighted by Gasteiger charge is 2.22. The van der Waals surface area contributed by atoms with Gasteiger partial charge in [-0.25, -0.2) is 0 Å². The lowest BCUT2D eigenvalue weighted by molar-refractivity contribution is 0.139. The van der Waals surface area contributed by atoms with Gasteiger partial charge in [0.1, 0.15) is 0 Å². The van der Waals surface area contributed by atoms with Crippen LogP contribution in [0.3, 0.4) is 0 Å². The molecule has 0 amide bonds. The molecule has 118 valence electrons. The number of aryl methyl sites for hydroxylation is 1. The van der Waals surface area contributed by atoms with Gasteiger partial charge >= 0.3 is 0 Å². The molecule has 0 aromatic carbocycles. The van der Waals surface area contributed by atoms with Gasteiger partial charge in [-0.2, -0.15) is 5.10 Å². The van der Waals surface area contributed by atoms with Crippen molar-refractivity contribution in [1.82, 2.24) is 19.7 Å². The molecule has 0 aliphatic carbocycles. The summed E-state index contributed by atoms with van der Waals surface area (Å²) in [5, 5.41) is 4.24. The standard InChI is InChI=1S/C18H26N4/c1-14(2)22-10-4-5-16(13-22)11-15-6-8-19-17(12-15)18-7-9-20-21(18)3/h6-9,12,14,16H,4-5,10-11,13H2,1-3H3. The smallest absolute Gasteiger partial charge is 0.0885 e. The molecule has 0 N–H and O–H groups in total. The summed E-state index contributed by atoms with van der Waals surface area (Å²) in [6.07, 6.45) is 7.57. The fraction of sp³-hybridized carbons (Fsp3) is 0.556. The Balaban J connectivity index is 1.72. The molecule has 22 heavy (non-hydrogen) atoms. The second kappa shape index (κ2) is 6.61. The van der Waals surface area contributed by atoms with E-state index >= 15 is 0 Å². The predicted octanol–water partition coefficient (Wildman–Crippen LogP) is 3.15. The van der Waals surface area contributed by atoms with Crippen molar-refractivity contribution in [1.29, 1.82) is 0 Å². The van der Waals surface area contributed by atoms with Crippen molar-refractivity contribution >= 4 is 0 Å². The normalized spacial score (nSPS) is 19.7. The average Bonchev–Trinajstić information content (AvgIpc) is 2.94. The van der Waals surface area contributed by atoms with Crippen molar-refractivity contribution in [3.05, 3.63) is 36.2 Å². The molecule has 2 aromatic heterocycles. The van der Waals surface area contributed by atoms with Crippen LogP contribution in [0.4, 0.5) is 0 Å². The Morgan fingerprint density at radius 1 is 1.27 bits per heavy atom. The lowest BCUT2D eigenvalue weighted by Crippen LogP contribution is -2.40. The van der Waals surface area contributed by atoms with Crippen LogP contribution in [-0.4, -0.2) is 38.8 Å². The van der Waals surface area contributed by atoms with E-state index in [1.54, 1.807) is 0 Å². The zero-order chi connectivity index (χ0) is 15.5. The van der Waals surface area contributed by atoms with Gasteiger partial charge in [-0.1, -0.05) is 0 Å². The van der Waals surface area contributed by atoms with Crippen molar-refractivity contribution in [2.75, 3.05) is 13.1 Å². The summed E-state index contributed by atoms with van der Waals surface area (Å²) in [6.45, 7) is 7.08. The van der Waals surface area contributed by atoms with Crippen LogP contribution in [0.2, 0.25) is 0 Å². The second-order valence-electron chi connectivity index (χ2n) is 6.69. The lowest BCUT2D eigenvalue weighted by Gasteiger charge is -2.35. The third kappa shape index (κ3) is 3.38. The first kappa shape index (κ1) is 15.2. The molecule has 0 bridgehead atoms. The van der Waals surface area contributed by atoms with E-state index in [-0.39, 0.29) is 0 Å². The summed E-state index contributed by atoms with van der Waals surface area (Å²) in [4.78, 5) is 7.12. The number of likely N-dealkylation sites (tertiary alicyclic amines) is 1. The molecule has 1 atom stereocenters. The number of rotatable bonds is 4. The van der Waals surface area contributed by atoms with Gasteiger partial charge in [0.2, 0.25) is 0 Å². The predicted molar refractivity (Wildman–Crippen MR) is 89.6 cm³/mol. The third-order valence-electron chi connectivity index (χ3n) is 4.71. The minimum absolute atomic E-state index is 0.658. The Bertz CT molecular complexity index is 617. The average molecular weight is 298 g/mol. The highest BCUT2D eigenvalue weighted by molar-refractivity contribution is 5.54. The second-order valence-corrected chi connectivity index (χ2v) is 6.69. The van der Waals surface area contributed by atoms with Crippen LogP contribution in [0, 0.1) is 5.92 Å². The maximum Gasteiger partial charge on any atom is 0.0885 e. The molecule has 4 nitrogen and oxygen atoms in total. The molecular formula is C18H26N4. The maximum atomic E-state index is 4.51. The van der Waals surface area contributed by atoms with Crippen molar-refractivity contribution in [2.45, 2.75) is 39.2 Å². The number of nitrogens with zero attached hydrogens (tertiary/aromatic N) is 4. The minimum Gasteiger partial charge on any atom is -0.301 e. The molecule has 0 saturated carbocycles. The Kier molecular flexibility index (Phi) is 4.57. The lowest BCUT2D eigenvalue weighted by atomic mass is 9.90. The Labute approximate surface area is 133 Å². The first-order valence-corrected chi connectivity index (χ1v) is 8.31. The SMILES string of the molecule is CC(C)N1CCCC(Cc2ccnc(-c3ccnn3C)c2)C1. The van der Waals surface area contributed by atoms with Gasteiger partial charge in [0.05, 0.1) is 11.4 Å². The van der Waals surface area contributed by atoms with Crippen molar-refractivity contribution < 1.29 is 0 Å². The van der Waals surface area contributed by atoms with Crippen LogP contribution in [-0.2, 0) is 13.5 Å². The molecule has 1 saturated heterocycles. The summed E-state index contributed by atoms with van der Waals surface area (Å²) < 4.78 is 1.88. The van der Waals surface area contributed by atoms with Crippen LogP contribution in [0.1, 0.15) is 32.3 Å². The molecule has 1 aliphatic heterocycles. The minimum atomic E-state index is 0.658. The van der Waals surface area contributed by atoms with Crippen molar-refractivity contribution in [3.8, 4) is 11.4 Å². The number of pyridine rings is 1. The van der Waals surface area contributed by atoms with E-state index in [2.05, 4.69) is 41.0 Å². The van der Waals surface area contributed by atoms with Gasteiger partial charge in [-0.3, -0.25) is 9.67 Å². The van der Waals surface area contributed by atoms with E-state index in [0.717, 1.165) is 23.7 Å². The highest BCUT2D eigenvalue weighted by atomic mass is 15.3. The van der Waals surface area contributed by atoms with Gasteiger partial charge in [0.15, 0.2) is 0 Å². The number of hydrogen-bond donors (Lipinski definition) is 0. The largest absolute Gasteiger partial charge is 0.301 e. The molecule has 4 heteroatoms. The Morgan fingerprint density at radius 3 is 2.86 bits per heavy atom. The first-order valence-electron chi connectivity index (χ1n) is 8.31. The van der Waals surface area contributed by atoms with Gasteiger partial charge in [0.25, 0.3) is 0 Å². The number of aromatic nitrogens is 3. The molecule has 2 aromatic rings. The van der Waals surface area contributed by atoms with E-state index < -0.39 is 0 Å². The summed E-state index contributed by atoms with van der Waals surface area (Å²) in [5.74, 6) is 0.762. The third-order valence-corrected chi connectivity index (χ3v) is 4.71. The molecular weight excluding hydrogens is 272 g/mol. The molecule has 1 aliphatic rings. The zero-order valence-corrected chi connectivity index (χ0v) is 13.9. The van der Waals surface area contributed by atoms with Crippen LogP contribution in [0.5, 0.6) is 0 Å². The molecule has 1 unspecified atom stereocenters. The topological polar surface area (TPSA) is 34.0 Å². The van der Waals surface area contributed by atoms with Gasteiger partial charge in [0, 0.05) is 32.0 Å². The maximum absolute atomic E-state index is 4.51. The summed E-state index contributed by atoms with van der Waals surface area (Å²) in [6, 6.07) is 7.07.